The van der Waals surface area contributed by atoms with Gasteiger partial charge in [-0.05, 0) is 61.1 Å². The van der Waals surface area contributed by atoms with Crippen LogP contribution in [0.5, 0.6) is 11.5 Å². The van der Waals surface area contributed by atoms with Gasteiger partial charge in [0.25, 0.3) is 11.8 Å². The fourth-order valence-corrected chi connectivity index (χ4v) is 4.65. The topological polar surface area (TPSA) is 79.9 Å². The second-order valence-corrected chi connectivity index (χ2v) is 9.38. The van der Waals surface area contributed by atoms with Crippen molar-refractivity contribution in [1.82, 2.24) is 5.32 Å². The van der Waals surface area contributed by atoms with Gasteiger partial charge in [0, 0.05) is 31.0 Å². The lowest BCUT2D eigenvalue weighted by atomic mass is 9.97. The highest BCUT2D eigenvalue weighted by Crippen LogP contribution is 2.31. The van der Waals surface area contributed by atoms with E-state index in [1.165, 1.54) is 19.8 Å². The molecule has 0 unspecified atom stereocenters. The number of anilines is 2. The van der Waals surface area contributed by atoms with E-state index in [1.807, 2.05) is 30.3 Å². The molecule has 1 aliphatic rings. The van der Waals surface area contributed by atoms with Gasteiger partial charge in [-0.25, -0.2) is 0 Å². The second kappa shape index (κ2) is 12.3. The number of benzene rings is 3. The number of hydrogen-bond acceptors (Lipinski definition) is 5. The normalized spacial score (nSPS) is 13.6. The van der Waals surface area contributed by atoms with Gasteiger partial charge in [0.2, 0.25) is 0 Å². The first-order chi connectivity index (χ1) is 18.0. The molecule has 194 valence electrons. The molecule has 0 radical (unpaired) electrons. The minimum absolute atomic E-state index is 0.157. The Balaban J connectivity index is 1.57. The molecule has 0 spiro atoms. The first-order valence-electron chi connectivity index (χ1n) is 12.7. The van der Waals surface area contributed by atoms with Crippen LogP contribution in [0.3, 0.4) is 0 Å². The van der Waals surface area contributed by atoms with Crippen molar-refractivity contribution in [2.75, 3.05) is 44.1 Å². The van der Waals surface area contributed by atoms with Gasteiger partial charge in [-0.1, -0.05) is 43.3 Å². The smallest absolute Gasteiger partial charge is 0.263 e. The first-order valence-corrected chi connectivity index (χ1v) is 12.7. The van der Waals surface area contributed by atoms with Gasteiger partial charge < -0.3 is 25.0 Å². The molecule has 1 heterocycles. The van der Waals surface area contributed by atoms with Crippen molar-refractivity contribution >= 4 is 23.2 Å². The summed E-state index contributed by atoms with van der Waals surface area (Å²) >= 11 is 0. The molecule has 0 aromatic heterocycles. The third-order valence-corrected chi connectivity index (χ3v) is 6.82. The van der Waals surface area contributed by atoms with Crippen molar-refractivity contribution in [2.24, 2.45) is 5.92 Å². The predicted molar refractivity (Wildman–Crippen MR) is 147 cm³/mol. The van der Waals surface area contributed by atoms with Crippen LogP contribution in [0.15, 0.2) is 66.7 Å². The summed E-state index contributed by atoms with van der Waals surface area (Å²) in [5.41, 5.74) is 3.43. The molecule has 1 aliphatic heterocycles. The summed E-state index contributed by atoms with van der Waals surface area (Å²) in [6.07, 6.45) is 2.91. The third kappa shape index (κ3) is 6.42. The molecule has 7 nitrogen and oxygen atoms in total. The SMILES string of the molecule is COc1cccc(OC)c1C(=O)Nc1ccc(N2CCC(C)CC2)c(C(=O)NCCc2ccccc2)c1. The number of amides is 2. The number of nitrogens with zero attached hydrogens (tertiary/aromatic N) is 1. The van der Waals surface area contributed by atoms with Crippen molar-refractivity contribution in [3.8, 4) is 11.5 Å². The highest BCUT2D eigenvalue weighted by atomic mass is 16.5. The van der Waals surface area contributed by atoms with E-state index in [0.29, 0.717) is 40.8 Å². The zero-order chi connectivity index (χ0) is 26.2. The highest BCUT2D eigenvalue weighted by Gasteiger charge is 2.23. The Morgan fingerprint density at radius 1 is 0.892 bits per heavy atom. The maximum atomic E-state index is 13.4. The molecule has 3 aromatic carbocycles. The fourth-order valence-electron chi connectivity index (χ4n) is 4.65. The third-order valence-electron chi connectivity index (χ3n) is 6.82. The Morgan fingerprint density at radius 2 is 1.57 bits per heavy atom. The van der Waals surface area contributed by atoms with Gasteiger partial charge in [0.1, 0.15) is 17.1 Å². The largest absolute Gasteiger partial charge is 0.496 e. The summed E-state index contributed by atoms with van der Waals surface area (Å²) in [5.74, 6) is 0.971. The van der Waals surface area contributed by atoms with Crippen LogP contribution < -0.4 is 25.0 Å². The summed E-state index contributed by atoms with van der Waals surface area (Å²) in [7, 11) is 3.02. The van der Waals surface area contributed by atoms with Crippen LogP contribution in [0, 0.1) is 5.92 Å². The predicted octanol–water partition coefficient (Wildman–Crippen LogP) is 5.16. The van der Waals surface area contributed by atoms with E-state index < -0.39 is 0 Å². The van der Waals surface area contributed by atoms with E-state index in [0.717, 1.165) is 38.0 Å². The fraction of sp³-hybridized carbons (Fsp3) is 0.333. The molecule has 0 aliphatic carbocycles. The maximum absolute atomic E-state index is 13.4. The molecule has 2 amide bonds. The lowest BCUT2D eigenvalue weighted by Gasteiger charge is -2.33. The monoisotopic (exact) mass is 501 g/mol. The van der Waals surface area contributed by atoms with Gasteiger partial charge in [0.15, 0.2) is 0 Å². The molecule has 0 atom stereocenters. The molecule has 37 heavy (non-hydrogen) atoms. The second-order valence-electron chi connectivity index (χ2n) is 9.38. The van der Waals surface area contributed by atoms with Crippen LogP contribution in [0.4, 0.5) is 11.4 Å². The van der Waals surface area contributed by atoms with Crippen LogP contribution in [-0.4, -0.2) is 45.7 Å². The van der Waals surface area contributed by atoms with Crippen molar-refractivity contribution in [3.05, 3.63) is 83.4 Å². The van der Waals surface area contributed by atoms with E-state index in [2.05, 4.69) is 34.6 Å². The van der Waals surface area contributed by atoms with Gasteiger partial charge in [0.05, 0.1) is 19.8 Å². The molecule has 3 aromatic rings. The van der Waals surface area contributed by atoms with Crippen LogP contribution in [0.25, 0.3) is 0 Å². The molecule has 1 fully saturated rings. The van der Waals surface area contributed by atoms with E-state index in [-0.39, 0.29) is 11.8 Å². The van der Waals surface area contributed by atoms with Gasteiger partial charge in [-0.3, -0.25) is 9.59 Å². The Labute approximate surface area is 218 Å². The molecule has 7 heteroatoms. The number of piperidine rings is 1. The van der Waals surface area contributed by atoms with Crippen molar-refractivity contribution in [3.63, 3.8) is 0 Å². The average molecular weight is 502 g/mol. The van der Waals surface area contributed by atoms with Crippen LogP contribution in [-0.2, 0) is 6.42 Å². The number of ether oxygens (including phenoxy) is 2. The summed E-state index contributed by atoms with van der Waals surface area (Å²) in [5, 5.41) is 5.99. The summed E-state index contributed by atoms with van der Waals surface area (Å²) in [6.45, 7) is 4.58. The summed E-state index contributed by atoms with van der Waals surface area (Å²) < 4.78 is 10.8. The minimum atomic E-state index is -0.371. The summed E-state index contributed by atoms with van der Waals surface area (Å²) in [6, 6.07) is 20.8. The Hall–Kier alpha value is -4.00. The molecule has 2 N–H and O–H groups in total. The molecular formula is C30H35N3O4. The minimum Gasteiger partial charge on any atom is -0.496 e. The molecule has 1 saturated heterocycles. The molecular weight excluding hydrogens is 466 g/mol. The average Bonchev–Trinajstić information content (AvgIpc) is 2.93. The zero-order valence-electron chi connectivity index (χ0n) is 21.8. The molecule has 4 rings (SSSR count). The Kier molecular flexibility index (Phi) is 8.67. The molecule has 0 saturated carbocycles. The van der Waals surface area contributed by atoms with Crippen LogP contribution >= 0.6 is 0 Å². The van der Waals surface area contributed by atoms with Gasteiger partial charge >= 0.3 is 0 Å². The lowest BCUT2D eigenvalue weighted by Crippen LogP contribution is -2.35. The Morgan fingerprint density at radius 3 is 2.22 bits per heavy atom. The van der Waals surface area contributed by atoms with E-state index in [9.17, 15) is 9.59 Å². The number of carbonyl (C=O) groups is 2. The van der Waals surface area contributed by atoms with Gasteiger partial charge in [-0.2, -0.15) is 0 Å². The highest BCUT2D eigenvalue weighted by molar-refractivity contribution is 6.09. The molecule has 0 bridgehead atoms. The number of hydrogen-bond donors (Lipinski definition) is 2. The van der Waals surface area contributed by atoms with Gasteiger partial charge in [-0.15, -0.1) is 0 Å². The van der Waals surface area contributed by atoms with Crippen LogP contribution in [0.1, 0.15) is 46.0 Å². The van der Waals surface area contributed by atoms with Crippen molar-refractivity contribution in [1.29, 1.82) is 0 Å². The zero-order valence-corrected chi connectivity index (χ0v) is 21.8. The first kappa shape index (κ1) is 26.1. The van der Waals surface area contributed by atoms with Crippen LogP contribution in [0.2, 0.25) is 0 Å². The standard InChI is InChI=1S/C30H35N3O4/c1-21-15-18-33(19-16-21)25-13-12-23(32-30(35)28-26(36-2)10-7-11-27(28)37-3)20-24(25)29(34)31-17-14-22-8-5-4-6-9-22/h4-13,20-21H,14-19H2,1-3H3,(H,31,34)(H,32,35). The van der Waals surface area contributed by atoms with E-state index in [4.69, 9.17) is 9.47 Å². The van der Waals surface area contributed by atoms with E-state index in [1.54, 1.807) is 24.3 Å². The number of carbonyl (C=O) groups excluding carboxylic acids is 2. The quantitative estimate of drug-likeness (QED) is 0.423. The lowest BCUT2D eigenvalue weighted by molar-refractivity contribution is 0.0952. The summed E-state index contributed by atoms with van der Waals surface area (Å²) in [4.78, 5) is 28.9. The van der Waals surface area contributed by atoms with Crippen molar-refractivity contribution < 1.29 is 19.1 Å². The maximum Gasteiger partial charge on any atom is 0.263 e. The van der Waals surface area contributed by atoms with Crippen molar-refractivity contribution in [2.45, 2.75) is 26.2 Å². The number of nitrogens with one attached hydrogen (secondary N) is 2. The number of rotatable bonds is 9. The van der Waals surface area contributed by atoms with E-state index >= 15 is 0 Å². The number of methoxy groups -OCH3 is 2. The Bertz CT molecular complexity index is 1200.